The molecule has 0 radical (unpaired) electrons. The van der Waals surface area contributed by atoms with Crippen LogP contribution in [0.25, 0.3) is 10.9 Å². The van der Waals surface area contributed by atoms with E-state index in [9.17, 15) is 0 Å². The van der Waals surface area contributed by atoms with Gasteiger partial charge in [0.1, 0.15) is 5.84 Å². The summed E-state index contributed by atoms with van der Waals surface area (Å²) in [6.07, 6.45) is 3.20. The molecule has 1 aliphatic heterocycles. The number of hydrogen-bond donors (Lipinski definition) is 2. The first-order chi connectivity index (χ1) is 9.25. The number of nitrogens with zero attached hydrogens (tertiary/aromatic N) is 2. The number of halogens is 2. The van der Waals surface area contributed by atoms with Gasteiger partial charge in [0.25, 0.3) is 0 Å². The highest BCUT2D eigenvalue weighted by atomic mass is 35.5. The van der Waals surface area contributed by atoms with Gasteiger partial charge in [0.05, 0.1) is 6.54 Å². The average molecular weight is 329 g/mol. The second-order valence-electron chi connectivity index (χ2n) is 5.29. The highest BCUT2D eigenvalue weighted by Gasteiger charge is 2.16. The summed E-state index contributed by atoms with van der Waals surface area (Å²) in [5.41, 5.74) is 3.73. The Labute approximate surface area is 137 Å². The van der Waals surface area contributed by atoms with Crippen molar-refractivity contribution in [3.63, 3.8) is 0 Å². The van der Waals surface area contributed by atoms with Crippen molar-refractivity contribution in [1.29, 1.82) is 0 Å². The molecule has 0 amide bonds. The van der Waals surface area contributed by atoms with Gasteiger partial charge in [0, 0.05) is 29.2 Å². The minimum atomic E-state index is 0. The van der Waals surface area contributed by atoms with Gasteiger partial charge in [-0.2, -0.15) is 0 Å². The molecule has 3 rings (SSSR count). The maximum absolute atomic E-state index is 4.66. The molecule has 4 nitrogen and oxygen atoms in total. The van der Waals surface area contributed by atoms with Gasteiger partial charge < -0.3 is 15.2 Å². The smallest absolute Gasteiger partial charge is 0.129 e. The Morgan fingerprint density at radius 2 is 2.10 bits per heavy atom. The summed E-state index contributed by atoms with van der Waals surface area (Å²) in [5, 5.41) is 4.80. The number of amidine groups is 1. The van der Waals surface area contributed by atoms with E-state index in [4.69, 9.17) is 0 Å². The molecule has 116 valence electrons. The van der Waals surface area contributed by atoms with Crippen molar-refractivity contribution in [2.45, 2.75) is 13.0 Å². The van der Waals surface area contributed by atoms with Crippen LogP contribution in [-0.2, 0) is 6.54 Å². The zero-order chi connectivity index (χ0) is 13.2. The van der Waals surface area contributed by atoms with Gasteiger partial charge >= 0.3 is 0 Å². The minimum Gasteiger partial charge on any atom is -0.370 e. The van der Waals surface area contributed by atoms with E-state index < -0.39 is 0 Å². The fraction of sp³-hybridized carbons (Fsp3) is 0.400. The lowest BCUT2D eigenvalue weighted by Gasteiger charge is -2.16. The molecule has 1 aromatic carbocycles. The maximum atomic E-state index is 4.66. The topological polar surface area (TPSA) is 43.4 Å². The Kier molecular flexibility index (Phi) is 6.52. The van der Waals surface area contributed by atoms with Crippen LogP contribution in [0.2, 0.25) is 0 Å². The first-order valence-electron chi connectivity index (χ1n) is 6.78. The summed E-state index contributed by atoms with van der Waals surface area (Å²) in [5.74, 6) is 1.04. The zero-order valence-corrected chi connectivity index (χ0v) is 14.0. The van der Waals surface area contributed by atoms with E-state index in [1.165, 1.54) is 22.0 Å². The van der Waals surface area contributed by atoms with Crippen LogP contribution in [0.15, 0.2) is 29.4 Å². The van der Waals surface area contributed by atoms with Gasteiger partial charge in [-0.3, -0.25) is 4.99 Å². The van der Waals surface area contributed by atoms with E-state index in [2.05, 4.69) is 58.7 Å². The molecule has 2 aromatic rings. The van der Waals surface area contributed by atoms with Crippen LogP contribution < -0.4 is 5.32 Å². The molecular formula is C15H22Cl2N4. The molecular weight excluding hydrogens is 307 g/mol. The Balaban J connectivity index is 0.00000110. The van der Waals surface area contributed by atoms with Crippen molar-refractivity contribution < 1.29 is 0 Å². The normalized spacial score (nSPS) is 12.6. The monoisotopic (exact) mass is 328 g/mol. The Morgan fingerprint density at radius 1 is 1.29 bits per heavy atom. The van der Waals surface area contributed by atoms with Gasteiger partial charge in [0.2, 0.25) is 0 Å². The van der Waals surface area contributed by atoms with E-state index in [-0.39, 0.29) is 24.8 Å². The largest absolute Gasteiger partial charge is 0.370 e. The van der Waals surface area contributed by atoms with Crippen LogP contribution in [0.3, 0.4) is 0 Å². The summed E-state index contributed by atoms with van der Waals surface area (Å²) >= 11 is 0. The molecule has 0 fully saturated rings. The number of rotatable bonds is 4. The van der Waals surface area contributed by atoms with Crippen LogP contribution in [0.5, 0.6) is 0 Å². The predicted molar refractivity (Wildman–Crippen MR) is 94.2 cm³/mol. The van der Waals surface area contributed by atoms with E-state index >= 15 is 0 Å². The molecule has 0 saturated heterocycles. The van der Waals surface area contributed by atoms with Crippen LogP contribution in [0, 0.1) is 0 Å². The summed E-state index contributed by atoms with van der Waals surface area (Å²) < 4.78 is 0. The highest BCUT2D eigenvalue weighted by Crippen LogP contribution is 2.26. The predicted octanol–water partition coefficient (Wildman–Crippen LogP) is 2.81. The number of nitrogens with one attached hydrogen (secondary N) is 2. The Morgan fingerprint density at radius 3 is 2.86 bits per heavy atom. The Hall–Kier alpha value is -1.23. The van der Waals surface area contributed by atoms with Crippen molar-refractivity contribution in [1.82, 2.24) is 15.2 Å². The molecule has 0 aliphatic carbocycles. The third kappa shape index (κ3) is 3.70. The summed E-state index contributed by atoms with van der Waals surface area (Å²) in [6, 6.07) is 6.36. The fourth-order valence-corrected chi connectivity index (χ4v) is 2.58. The summed E-state index contributed by atoms with van der Waals surface area (Å²) in [6.45, 7) is 2.83. The van der Waals surface area contributed by atoms with Crippen LogP contribution >= 0.6 is 24.8 Å². The average Bonchev–Trinajstić information content (AvgIpc) is 2.82. The number of H-pyrrole nitrogens is 1. The Bertz CT molecular complexity index is 619. The quantitative estimate of drug-likeness (QED) is 0.847. The zero-order valence-electron chi connectivity index (χ0n) is 12.3. The number of aromatic amines is 1. The lowest BCUT2D eigenvalue weighted by atomic mass is 10.0. The van der Waals surface area contributed by atoms with Crippen molar-refractivity contribution in [2.24, 2.45) is 4.99 Å². The first kappa shape index (κ1) is 17.8. The lowest BCUT2D eigenvalue weighted by molar-refractivity contribution is 0.400. The molecule has 6 heteroatoms. The molecule has 0 saturated carbocycles. The van der Waals surface area contributed by atoms with Gasteiger partial charge in [-0.25, -0.2) is 0 Å². The third-order valence-corrected chi connectivity index (χ3v) is 3.52. The SMILES string of the molecule is CN(C)CCCNC1=NCc2c[nH]c3cccc1c23.Cl.Cl. The molecule has 1 aromatic heterocycles. The van der Waals surface area contributed by atoms with Crippen molar-refractivity contribution >= 4 is 41.6 Å². The highest BCUT2D eigenvalue weighted by molar-refractivity contribution is 6.11. The number of hydrogen-bond acceptors (Lipinski definition) is 3. The van der Waals surface area contributed by atoms with Crippen molar-refractivity contribution in [3.05, 3.63) is 35.5 Å². The van der Waals surface area contributed by atoms with Crippen LogP contribution in [-0.4, -0.2) is 42.9 Å². The molecule has 0 atom stereocenters. The van der Waals surface area contributed by atoms with Crippen LogP contribution in [0.4, 0.5) is 0 Å². The van der Waals surface area contributed by atoms with Crippen molar-refractivity contribution in [2.75, 3.05) is 27.2 Å². The molecule has 21 heavy (non-hydrogen) atoms. The van der Waals surface area contributed by atoms with Crippen LogP contribution in [0.1, 0.15) is 17.5 Å². The van der Waals surface area contributed by atoms with Gasteiger partial charge in [-0.1, -0.05) is 12.1 Å². The number of aromatic nitrogens is 1. The standard InChI is InChI=1S/C15H20N4.2ClH/c1-19(2)8-4-7-16-15-12-5-3-6-13-14(12)11(9-17-13)10-18-15;;/h3,5-6,9,17H,4,7-8,10H2,1-2H3,(H,16,18);2*1H. The fourth-order valence-electron chi connectivity index (χ4n) is 2.58. The van der Waals surface area contributed by atoms with E-state index in [1.807, 2.05) is 0 Å². The number of benzene rings is 1. The van der Waals surface area contributed by atoms with Gasteiger partial charge in [-0.15, -0.1) is 24.8 Å². The van der Waals surface area contributed by atoms with Crippen molar-refractivity contribution in [3.8, 4) is 0 Å². The molecule has 1 aliphatic rings. The molecule has 0 spiro atoms. The van der Waals surface area contributed by atoms with E-state index in [0.717, 1.165) is 31.9 Å². The third-order valence-electron chi connectivity index (χ3n) is 3.52. The molecule has 0 unspecified atom stereocenters. The lowest BCUT2D eigenvalue weighted by Crippen LogP contribution is -2.29. The second-order valence-corrected chi connectivity index (χ2v) is 5.29. The second kappa shape index (κ2) is 7.69. The minimum absolute atomic E-state index is 0. The van der Waals surface area contributed by atoms with E-state index in [0.29, 0.717) is 0 Å². The maximum Gasteiger partial charge on any atom is 0.129 e. The first-order valence-corrected chi connectivity index (χ1v) is 6.78. The molecule has 2 heterocycles. The van der Waals surface area contributed by atoms with E-state index in [1.54, 1.807) is 0 Å². The summed E-state index contributed by atoms with van der Waals surface area (Å²) in [7, 11) is 4.20. The summed E-state index contributed by atoms with van der Waals surface area (Å²) in [4.78, 5) is 10.2. The molecule has 0 bridgehead atoms. The molecule has 2 N–H and O–H groups in total. The van der Waals surface area contributed by atoms with Gasteiger partial charge in [-0.05, 0) is 38.7 Å². The number of aliphatic imine (C=N–C) groups is 1. The van der Waals surface area contributed by atoms with Gasteiger partial charge in [0.15, 0.2) is 0 Å².